The van der Waals surface area contributed by atoms with E-state index in [-0.39, 0.29) is 102 Å². The summed E-state index contributed by atoms with van der Waals surface area (Å²) in [6, 6.07) is 10.8. The van der Waals surface area contributed by atoms with Gasteiger partial charge in [-0.05, 0) is 48.5 Å². The minimum atomic E-state index is -0.842. The summed E-state index contributed by atoms with van der Waals surface area (Å²) in [4.78, 5) is 34.2. The Labute approximate surface area is 319 Å². The summed E-state index contributed by atoms with van der Waals surface area (Å²) >= 11 is 12.5. The van der Waals surface area contributed by atoms with E-state index in [2.05, 4.69) is 15.7 Å². The lowest BCUT2D eigenvalue weighted by Crippen LogP contribution is -2.24. The van der Waals surface area contributed by atoms with Crippen LogP contribution in [0.3, 0.4) is 0 Å². The number of carbonyl (C=O) groups excluding carboxylic acids is 2. The molecule has 0 aliphatic rings. The molecule has 0 unspecified atom stereocenters. The van der Waals surface area contributed by atoms with E-state index in [0.29, 0.717) is 11.0 Å². The summed E-state index contributed by atoms with van der Waals surface area (Å²) in [6.07, 6.45) is 0. The number of hydrazine groups is 1. The number of hydrogen-bond donors (Lipinski definition) is 7. The third-order valence-corrected chi connectivity index (χ3v) is 9.10. The number of carbonyl (C=O) groups is 2. The zero-order valence-electron chi connectivity index (χ0n) is 28.8. The number of nitrogens with zero attached hydrogens (tertiary/aromatic N) is 6. The van der Waals surface area contributed by atoms with Crippen LogP contribution >= 0.6 is 23.2 Å². The first-order valence-electron chi connectivity index (χ1n) is 15.8. The molecule has 0 fully saturated rings. The average molecular weight is 795 g/mol. The number of halogens is 4. The van der Waals surface area contributed by atoms with Gasteiger partial charge >= 0.3 is 0 Å². The molecule has 0 radical (unpaired) electrons. The molecular formula is C34H31Cl2F2N13O4. The monoisotopic (exact) mass is 793 g/mol. The smallest absolute Gasteiger partial charge is 0.252 e. The predicted octanol–water partition coefficient (Wildman–Crippen LogP) is 2.88. The summed E-state index contributed by atoms with van der Waals surface area (Å²) in [7, 11) is 2.64. The van der Waals surface area contributed by atoms with Crippen LogP contribution in [0.4, 0.5) is 8.78 Å². The van der Waals surface area contributed by atoms with Crippen molar-refractivity contribution in [3.8, 4) is 34.3 Å². The van der Waals surface area contributed by atoms with Gasteiger partial charge in [0, 0.05) is 34.3 Å². The number of methoxy groups -OCH3 is 2. The Bertz CT molecular complexity index is 2620. The third-order valence-electron chi connectivity index (χ3n) is 8.67. The highest BCUT2D eigenvalue weighted by atomic mass is 35.5. The van der Waals surface area contributed by atoms with Gasteiger partial charge in [0.25, 0.3) is 11.8 Å². The molecule has 284 valence electrons. The van der Waals surface area contributed by atoms with E-state index in [1.165, 1.54) is 38.5 Å². The quantitative estimate of drug-likeness (QED) is 0.0409. The Hall–Kier alpha value is -6.70. The lowest BCUT2D eigenvalue weighted by molar-refractivity contribution is 0.0989. The maximum Gasteiger partial charge on any atom is 0.252 e. The van der Waals surface area contributed by atoms with E-state index in [0.717, 1.165) is 12.1 Å². The standard InChI is InChI=1S/C34H31Cl2F2N13O4/c1-54-27-15(31(41)52)3-5-21-25(27)45-33(23-17(29(39)47-43)9-13(35)11-19(23)37)50(21)7-8-51-22-6-4-16(32(42)53)28(55-2)26(22)46-34(51)24-18(30(40)48-49-44)10-14(36)12-20(24)38/h3-6,9-12,49H,7-8,43-44H2,1-2H3,(H2,39,47)(H2,40,48)(H2,41,52)(H2,42,53). The maximum absolute atomic E-state index is 16.2. The van der Waals surface area contributed by atoms with Gasteiger partial charge in [-0.15, -0.1) is 5.10 Å². The van der Waals surface area contributed by atoms with Crippen LogP contribution in [0.15, 0.2) is 58.7 Å². The van der Waals surface area contributed by atoms with Crippen LogP contribution in [-0.4, -0.2) is 56.8 Å². The van der Waals surface area contributed by atoms with Crippen molar-refractivity contribution in [1.29, 1.82) is 0 Å². The van der Waals surface area contributed by atoms with Gasteiger partial charge in [-0.2, -0.15) is 5.10 Å². The first-order chi connectivity index (χ1) is 26.3. The molecule has 0 atom stereocenters. The van der Waals surface area contributed by atoms with Crippen molar-refractivity contribution in [3.05, 3.63) is 92.5 Å². The molecule has 0 bridgehead atoms. The van der Waals surface area contributed by atoms with Gasteiger partial charge in [0.2, 0.25) is 0 Å². The Morgan fingerprint density at radius 3 is 1.51 bits per heavy atom. The Morgan fingerprint density at radius 2 is 1.15 bits per heavy atom. The summed E-state index contributed by atoms with van der Waals surface area (Å²) in [5, 5.41) is 7.33. The predicted molar refractivity (Wildman–Crippen MR) is 203 cm³/mol. The van der Waals surface area contributed by atoms with E-state index in [4.69, 9.17) is 77.3 Å². The van der Waals surface area contributed by atoms with Crippen LogP contribution < -0.4 is 49.6 Å². The van der Waals surface area contributed by atoms with Crippen molar-refractivity contribution in [2.24, 2.45) is 44.8 Å². The Balaban J connectivity index is 1.68. The molecule has 55 heavy (non-hydrogen) atoms. The molecule has 0 spiro atoms. The number of nitrogens with one attached hydrogen (secondary N) is 1. The largest absolute Gasteiger partial charge is 0.494 e. The first kappa shape index (κ1) is 38.0. The topological polar surface area (TPSA) is 281 Å². The van der Waals surface area contributed by atoms with Crippen molar-refractivity contribution in [3.63, 3.8) is 0 Å². The van der Waals surface area contributed by atoms with Crippen molar-refractivity contribution < 1.29 is 27.8 Å². The first-order valence-corrected chi connectivity index (χ1v) is 16.6. The summed E-state index contributed by atoms with van der Waals surface area (Å²) < 4.78 is 46.6. The zero-order valence-corrected chi connectivity index (χ0v) is 30.3. The van der Waals surface area contributed by atoms with Gasteiger partial charge in [0.15, 0.2) is 23.2 Å². The number of ether oxygens (including phenoxy) is 2. The minimum Gasteiger partial charge on any atom is -0.494 e. The van der Waals surface area contributed by atoms with Crippen molar-refractivity contribution in [1.82, 2.24) is 24.6 Å². The molecule has 21 heteroatoms. The van der Waals surface area contributed by atoms with Crippen LogP contribution in [0.2, 0.25) is 10.0 Å². The van der Waals surface area contributed by atoms with E-state index in [9.17, 15) is 9.59 Å². The van der Waals surface area contributed by atoms with Crippen LogP contribution in [0, 0.1) is 11.6 Å². The number of aryl methyl sites for hydroxylation is 2. The van der Waals surface area contributed by atoms with Crippen LogP contribution in [0.5, 0.6) is 11.5 Å². The van der Waals surface area contributed by atoms with Crippen molar-refractivity contribution in [2.75, 3.05) is 14.2 Å². The summed E-state index contributed by atoms with van der Waals surface area (Å²) in [6.45, 7) is -0.134. The number of rotatable bonds is 12. The van der Waals surface area contributed by atoms with E-state index >= 15 is 8.78 Å². The Kier molecular flexibility index (Phi) is 10.4. The Morgan fingerprint density at radius 1 is 0.727 bits per heavy atom. The van der Waals surface area contributed by atoms with Crippen molar-refractivity contribution in [2.45, 2.75) is 13.1 Å². The fourth-order valence-corrected chi connectivity index (χ4v) is 6.78. The number of hydrazone groups is 2. The number of hydrogen-bond acceptors (Lipinski definition) is 11. The van der Waals surface area contributed by atoms with Gasteiger partial charge < -0.3 is 47.4 Å². The van der Waals surface area contributed by atoms with E-state index in [1.54, 1.807) is 21.3 Å². The fourth-order valence-electron chi connectivity index (χ4n) is 6.37. The SMILES string of the molecule is COc1c(C(N)=O)ccc2c1nc(-c1c(F)cc(Cl)cc1/C(N)=N/N)n2CCn1c(-c2c(F)cc(Cl)cc2/C(N)=N/NN)nc2c(OC)c(C(N)=O)ccc21. The van der Waals surface area contributed by atoms with E-state index < -0.39 is 23.4 Å². The van der Waals surface area contributed by atoms with Gasteiger partial charge in [0.05, 0.1) is 47.5 Å². The highest BCUT2D eigenvalue weighted by Crippen LogP contribution is 2.39. The van der Waals surface area contributed by atoms with Gasteiger partial charge in [-0.1, -0.05) is 23.2 Å². The van der Waals surface area contributed by atoms with E-state index in [1.807, 2.05) is 0 Å². The number of nitrogens with two attached hydrogens (primary N) is 6. The normalized spacial score (nSPS) is 12.1. The summed E-state index contributed by atoms with van der Waals surface area (Å²) in [5.74, 6) is 7.09. The molecule has 2 aromatic heterocycles. The average Bonchev–Trinajstić information content (AvgIpc) is 3.69. The molecule has 2 heterocycles. The molecule has 0 aliphatic heterocycles. The molecule has 13 N–H and O–H groups in total. The second-order valence-corrected chi connectivity index (χ2v) is 12.6. The van der Waals surface area contributed by atoms with Gasteiger partial charge in [-0.3, -0.25) is 9.59 Å². The molecule has 0 saturated carbocycles. The number of benzene rings is 4. The number of aromatic nitrogens is 4. The molecular weight excluding hydrogens is 763 g/mol. The molecule has 6 rings (SSSR count). The summed E-state index contributed by atoms with van der Waals surface area (Å²) in [5.41, 5.74) is 26.4. The molecule has 17 nitrogen and oxygen atoms in total. The van der Waals surface area contributed by atoms with Crippen LogP contribution in [0.25, 0.3) is 44.8 Å². The number of fused-ring (bicyclic) bond motifs is 2. The maximum atomic E-state index is 16.2. The molecule has 0 saturated heterocycles. The number of primary amides is 2. The second-order valence-electron chi connectivity index (χ2n) is 11.7. The van der Waals surface area contributed by atoms with Crippen LogP contribution in [-0.2, 0) is 13.1 Å². The highest BCUT2D eigenvalue weighted by Gasteiger charge is 2.28. The number of amides is 2. The second kappa shape index (κ2) is 15.0. The third kappa shape index (κ3) is 6.60. The molecule has 6 aromatic rings. The zero-order chi connectivity index (χ0) is 39.9. The molecule has 0 aliphatic carbocycles. The van der Waals surface area contributed by atoms with Crippen molar-refractivity contribution >= 4 is 68.8 Å². The lowest BCUT2D eigenvalue weighted by Gasteiger charge is -2.17. The minimum absolute atomic E-state index is 0.00143. The lowest BCUT2D eigenvalue weighted by atomic mass is 10.0. The number of imidazole rings is 2. The number of amidine groups is 2. The fraction of sp³-hybridized carbons (Fsp3) is 0.118. The highest BCUT2D eigenvalue weighted by molar-refractivity contribution is 6.31. The molecule has 2 amide bonds. The van der Waals surface area contributed by atoms with Gasteiger partial charge in [0.1, 0.15) is 34.3 Å². The van der Waals surface area contributed by atoms with Crippen LogP contribution in [0.1, 0.15) is 31.8 Å². The molecule has 4 aromatic carbocycles. The van der Waals surface area contributed by atoms with Gasteiger partial charge in [-0.25, -0.2) is 30.1 Å².